The Morgan fingerprint density at radius 3 is 2.21 bits per heavy atom. The van der Waals surface area contributed by atoms with E-state index < -0.39 is 22.0 Å². The Morgan fingerprint density at radius 1 is 1.29 bits per heavy atom. The molecule has 0 unspecified atom stereocenters. The van der Waals surface area contributed by atoms with Crippen molar-refractivity contribution in [1.29, 1.82) is 0 Å². The first-order valence-electron chi connectivity index (χ1n) is 3.41. The van der Waals surface area contributed by atoms with Gasteiger partial charge in [-0.2, -0.15) is 8.42 Å². The SMILES string of the molecule is NC(=O)OS(=O)(=O)c1ccc(F)cc1. The Bertz CT molecular complexity index is 439. The second kappa shape index (κ2) is 3.62. The van der Waals surface area contributed by atoms with Gasteiger partial charge in [0.05, 0.1) is 0 Å². The van der Waals surface area contributed by atoms with Gasteiger partial charge in [-0.05, 0) is 24.3 Å². The number of halogens is 1. The predicted octanol–water partition coefficient (Wildman–Crippen LogP) is 0.610. The van der Waals surface area contributed by atoms with Gasteiger partial charge in [0, 0.05) is 0 Å². The average Bonchev–Trinajstić information content (AvgIpc) is 2.02. The van der Waals surface area contributed by atoms with E-state index in [9.17, 15) is 17.6 Å². The van der Waals surface area contributed by atoms with E-state index in [1.807, 2.05) is 0 Å². The van der Waals surface area contributed by atoms with Gasteiger partial charge in [-0.3, -0.25) is 0 Å². The molecule has 0 aliphatic rings. The van der Waals surface area contributed by atoms with Crippen LogP contribution in [0.2, 0.25) is 0 Å². The van der Waals surface area contributed by atoms with Crippen LogP contribution in [0.4, 0.5) is 9.18 Å². The summed E-state index contributed by atoms with van der Waals surface area (Å²) in [6.45, 7) is 0. The lowest BCUT2D eigenvalue weighted by molar-refractivity contribution is 0.212. The first-order valence-corrected chi connectivity index (χ1v) is 4.82. The Hall–Kier alpha value is -1.63. The molecule has 0 saturated heterocycles. The van der Waals surface area contributed by atoms with Crippen LogP contribution in [0.5, 0.6) is 0 Å². The molecule has 2 N–H and O–H groups in total. The number of carbonyl (C=O) groups is 1. The summed E-state index contributed by atoms with van der Waals surface area (Å²) in [5, 5.41) is 0. The van der Waals surface area contributed by atoms with Crippen LogP contribution in [-0.4, -0.2) is 14.5 Å². The van der Waals surface area contributed by atoms with Crippen molar-refractivity contribution in [3.63, 3.8) is 0 Å². The minimum absolute atomic E-state index is 0.335. The van der Waals surface area contributed by atoms with E-state index in [2.05, 4.69) is 9.92 Å². The summed E-state index contributed by atoms with van der Waals surface area (Å²) < 4.78 is 38.5. The highest BCUT2D eigenvalue weighted by atomic mass is 32.2. The number of benzene rings is 1. The third-order valence-corrected chi connectivity index (χ3v) is 2.53. The molecule has 1 rings (SSSR count). The van der Waals surface area contributed by atoms with Gasteiger partial charge in [0.2, 0.25) is 0 Å². The number of hydrogen-bond donors (Lipinski definition) is 1. The molecule has 0 aliphatic heterocycles. The van der Waals surface area contributed by atoms with E-state index in [0.29, 0.717) is 0 Å². The van der Waals surface area contributed by atoms with E-state index in [-0.39, 0.29) is 4.90 Å². The van der Waals surface area contributed by atoms with Gasteiger partial charge in [0.15, 0.2) is 0 Å². The minimum atomic E-state index is -4.22. The Kier molecular flexibility index (Phi) is 2.70. The van der Waals surface area contributed by atoms with Crippen molar-refractivity contribution in [3.8, 4) is 0 Å². The third kappa shape index (κ3) is 2.43. The van der Waals surface area contributed by atoms with Gasteiger partial charge in [0.1, 0.15) is 10.7 Å². The van der Waals surface area contributed by atoms with Crippen molar-refractivity contribution in [2.75, 3.05) is 0 Å². The van der Waals surface area contributed by atoms with Gasteiger partial charge in [-0.1, -0.05) is 0 Å². The smallest absolute Gasteiger partial charge is 0.334 e. The molecular formula is C7H6FNO4S. The van der Waals surface area contributed by atoms with Crippen molar-refractivity contribution >= 4 is 16.2 Å². The molecule has 0 heterocycles. The fraction of sp³-hybridized carbons (Fsp3) is 0. The molecule has 0 aromatic heterocycles. The highest BCUT2D eigenvalue weighted by molar-refractivity contribution is 7.87. The molecule has 7 heteroatoms. The summed E-state index contributed by atoms with van der Waals surface area (Å²) in [7, 11) is -4.22. The molecule has 1 aromatic rings. The van der Waals surface area contributed by atoms with E-state index in [4.69, 9.17) is 0 Å². The molecule has 0 saturated carbocycles. The molecule has 1 aromatic carbocycles. The van der Waals surface area contributed by atoms with Crippen LogP contribution in [0.25, 0.3) is 0 Å². The van der Waals surface area contributed by atoms with Crippen molar-refractivity contribution in [1.82, 2.24) is 0 Å². The van der Waals surface area contributed by atoms with Gasteiger partial charge >= 0.3 is 16.2 Å². The zero-order chi connectivity index (χ0) is 10.8. The second-order valence-electron chi connectivity index (χ2n) is 2.31. The van der Waals surface area contributed by atoms with Crippen molar-refractivity contribution < 1.29 is 21.8 Å². The lowest BCUT2D eigenvalue weighted by atomic mass is 10.4. The molecule has 0 atom stereocenters. The zero-order valence-corrected chi connectivity index (χ0v) is 7.62. The van der Waals surface area contributed by atoms with E-state index in [1.165, 1.54) is 0 Å². The van der Waals surface area contributed by atoms with E-state index >= 15 is 0 Å². The zero-order valence-electron chi connectivity index (χ0n) is 6.81. The summed E-state index contributed by atoms with van der Waals surface area (Å²) in [6, 6.07) is 3.79. The van der Waals surface area contributed by atoms with Gasteiger partial charge in [-0.25, -0.2) is 9.18 Å². The van der Waals surface area contributed by atoms with E-state index in [1.54, 1.807) is 0 Å². The van der Waals surface area contributed by atoms with Crippen LogP contribution in [0.15, 0.2) is 29.2 Å². The molecule has 76 valence electrons. The van der Waals surface area contributed by atoms with Crippen LogP contribution in [0.1, 0.15) is 0 Å². The lowest BCUT2D eigenvalue weighted by Crippen LogP contribution is -2.18. The molecule has 0 fully saturated rings. The molecule has 5 nitrogen and oxygen atoms in total. The molecular weight excluding hydrogens is 213 g/mol. The van der Waals surface area contributed by atoms with Crippen molar-refractivity contribution in [3.05, 3.63) is 30.1 Å². The number of rotatable bonds is 2. The molecule has 14 heavy (non-hydrogen) atoms. The highest BCUT2D eigenvalue weighted by Gasteiger charge is 2.17. The number of amides is 1. The lowest BCUT2D eigenvalue weighted by Gasteiger charge is -2.01. The first-order chi connectivity index (χ1) is 6.42. The molecule has 0 spiro atoms. The summed E-state index contributed by atoms with van der Waals surface area (Å²) in [6.07, 6.45) is -1.44. The van der Waals surface area contributed by atoms with Gasteiger partial charge < -0.3 is 9.92 Å². The van der Waals surface area contributed by atoms with Crippen LogP contribution in [0.3, 0.4) is 0 Å². The van der Waals surface area contributed by atoms with Crippen LogP contribution in [0, 0.1) is 5.82 Å². The summed E-state index contributed by atoms with van der Waals surface area (Å²) in [4.78, 5) is 9.87. The largest absolute Gasteiger partial charge is 0.420 e. The Morgan fingerprint density at radius 2 is 1.79 bits per heavy atom. The molecule has 0 aliphatic carbocycles. The van der Waals surface area contributed by atoms with E-state index in [0.717, 1.165) is 24.3 Å². The van der Waals surface area contributed by atoms with Gasteiger partial charge in [0.25, 0.3) is 0 Å². The summed E-state index contributed by atoms with van der Waals surface area (Å²) in [5.41, 5.74) is 4.53. The maximum atomic E-state index is 12.4. The maximum Gasteiger partial charge on any atom is 0.420 e. The summed E-state index contributed by atoms with van der Waals surface area (Å²) >= 11 is 0. The number of primary amides is 1. The summed E-state index contributed by atoms with van der Waals surface area (Å²) in [5.74, 6) is -0.594. The van der Waals surface area contributed by atoms with Crippen LogP contribution in [-0.2, 0) is 14.3 Å². The Balaban J connectivity index is 3.05. The van der Waals surface area contributed by atoms with Crippen molar-refractivity contribution in [2.45, 2.75) is 4.90 Å². The standard InChI is InChI=1S/C7H6FNO4S/c8-5-1-3-6(4-2-5)14(11,12)13-7(9)10/h1-4H,(H2,9,10). The first kappa shape index (κ1) is 10.5. The molecule has 0 bridgehead atoms. The Labute approximate surface area is 79.4 Å². The fourth-order valence-electron chi connectivity index (χ4n) is 0.758. The second-order valence-corrected chi connectivity index (χ2v) is 3.86. The predicted molar refractivity (Wildman–Crippen MR) is 44.3 cm³/mol. The number of hydrogen-bond acceptors (Lipinski definition) is 4. The molecule has 0 radical (unpaired) electrons. The normalized spacial score (nSPS) is 10.9. The third-order valence-electron chi connectivity index (χ3n) is 1.29. The number of carbonyl (C=O) groups excluding carboxylic acids is 1. The molecule has 1 amide bonds. The maximum absolute atomic E-state index is 12.4. The van der Waals surface area contributed by atoms with Gasteiger partial charge in [-0.15, -0.1) is 0 Å². The quantitative estimate of drug-likeness (QED) is 0.738. The fourth-order valence-corrected chi connectivity index (χ4v) is 1.54. The topological polar surface area (TPSA) is 86.5 Å². The van der Waals surface area contributed by atoms with Crippen LogP contribution < -0.4 is 5.73 Å². The average molecular weight is 219 g/mol. The number of nitrogens with two attached hydrogens (primary N) is 1. The monoisotopic (exact) mass is 219 g/mol. The highest BCUT2D eigenvalue weighted by Crippen LogP contribution is 2.12. The minimum Gasteiger partial charge on any atom is -0.334 e. The van der Waals surface area contributed by atoms with Crippen molar-refractivity contribution in [2.24, 2.45) is 5.73 Å². The van der Waals surface area contributed by atoms with Crippen LogP contribution >= 0.6 is 0 Å².